The molecular formula is C75H52N2. The molecule has 0 fully saturated rings. The molecule has 13 aromatic rings. The molecule has 0 radical (unpaired) electrons. The van der Waals surface area contributed by atoms with Gasteiger partial charge < -0.3 is 0 Å². The minimum atomic E-state index is 0.581. The van der Waals surface area contributed by atoms with Crippen molar-refractivity contribution in [3.8, 4) is 66.8 Å². The minimum Gasteiger partial charge on any atom is -0.233 e. The molecule has 2 nitrogen and oxygen atoms in total. The van der Waals surface area contributed by atoms with Gasteiger partial charge in [-0.2, -0.15) is 0 Å². The molecule has 13 aromatic carbocycles. The van der Waals surface area contributed by atoms with E-state index in [1.54, 1.807) is 0 Å². The fraction of sp³-hybridized carbons (Fsp3) is 0.0133. The second-order valence-electron chi connectivity index (χ2n) is 19.7. The van der Waals surface area contributed by atoms with Crippen LogP contribution in [-0.4, -0.2) is 11.5 Å². The van der Waals surface area contributed by atoms with Crippen molar-refractivity contribution in [2.24, 2.45) is 9.98 Å². The number of amidine groups is 1. The summed E-state index contributed by atoms with van der Waals surface area (Å²) in [5.74, 6) is 0.581. The fourth-order valence-electron chi connectivity index (χ4n) is 11.3. The summed E-state index contributed by atoms with van der Waals surface area (Å²) in [5.41, 5.74) is 18.3. The first-order valence-electron chi connectivity index (χ1n) is 26.3. The van der Waals surface area contributed by atoms with Gasteiger partial charge >= 0.3 is 0 Å². The van der Waals surface area contributed by atoms with Crippen LogP contribution in [0.1, 0.15) is 23.6 Å². The Morgan fingerprint density at radius 3 is 0.857 bits per heavy atom. The number of hydrogen-bond donors (Lipinski definition) is 0. The maximum absolute atomic E-state index is 5.58. The lowest BCUT2D eigenvalue weighted by molar-refractivity contribution is 1.44. The summed E-state index contributed by atoms with van der Waals surface area (Å²) in [7, 11) is 0. The van der Waals surface area contributed by atoms with Crippen molar-refractivity contribution in [3.63, 3.8) is 0 Å². The van der Waals surface area contributed by atoms with Gasteiger partial charge in [-0.05, 0) is 146 Å². The van der Waals surface area contributed by atoms with Gasteiger partial charge in [0.25, 0.3) is 0 Å². The van der Waals surface area contributed by atoms with Gasteiger partial charge in [0, 0.05) is 11.3 Å². The van der Waals surface area contributed by atoms with Crippen molar-refractivity contribution < 1.29 is 0 Å². The molecule has 0 aromatic heterocycles. The van der Waals surface area contributed by atoms with E-state index in [9.17, 15) is 0 Å². The van der Waals surface area contributed by atoms with Gasteiger partial charge in [0.05, 0.1) is 5.70 Å². The Labute approximate surface area is 450 Å². The van der Waals surface area contributed by atoms with Crippen molar-refractivity contribution >= 4 is 60.3 Å². The molecule has 13 rings (SSSR count). The lowest BCUT2D eigenvalue weighted by Gasteiger charge is -2.21. The monoisotopic (exact) mass is 980 g/mol. The fourth-order valence-corrected chi connectivity index (χ4v) is 11.3. The summed E-state index contributed by atoms with van der Waals surface area (Å²) in [4.78, 5) is 10.9. The Bertz CT molecular complexity index is 4110. The van der Waals surface area contributed by atoms with E-state index in [1.807, 2.05) is 12.1 Å². The number of rotatable bonds is 10. The van der Waals surface area contributed by atoms with Crippen LogP contribution in [0.2, 0.25) is 0 Å². The predicted octanol–water partition coefficient (Wildman–Crippen LogP) is 20.2. The van der Waals surface area contributed by atoms with E-state index >= 15 is 0 Å². The predicted molar refractivity (Wildman–Crippen MR) is 330 cm³/mol. The maximum Gasteiger partial charge on any atom is 0.160 e. The van der Waals surface area contributed by atoms with E-state index in [-0.39, 0.29) is 0 Å². The quantitative estimate of drug-likeness (QED) is 0.0741. The molecule has 77 heavy (non-hydrogen) atoms. The third kappa shape index (κ3) is 8.92. The zero-order chi connectivity index (χ0) is 51.7. The van der Waals surface area contributed by atoms with E-state index in [1.165, 1.54) is 76.5 Å². The second-order valence-corrected chi connectivity index (χ2v) is 19.7. The number of aliphatic imine (C=N–C) groups is 2. The highest BCUT2D eigenvalue weighted by Crippen LogP contribution is 2.48. The number of benzene rings is 13. The van der Waals surface area contributed by atoms with Gasteiger partial charge in [0.1, 0.15) is 0 Å². The van der Waals surface area contributed by atoms with Crippen molar-refractivity contribution in [1.29, 1.82) is 0 Å². The summed E-state index contributed by atoms with van der Waals surface area (Å²) >= 11 is 0. The summed E-state index contributed by atoms with van der Waals surface area (Å²) in [6.07, 6.45) is 0. The Kier molecular flexibility index (Phi) is 12.4. The molecule has 0 N–H and O–H groups in total. The van der Waals surface area contributed by atoms with E-state index < -0.39 is 0 Å². The Morgan fingerprint density at radius 1 is 0.247 bits per heavy atom. The second kappa shape index (κ2) is 20.4. The zero-order valence-corrected chi connectivity index (χ0v) is 42.7. The molecule has 2 heteroatoms. The molecule has 0 spiro atoms. The lowest BCUT2D eigenvalue weighted by Crippen LogP contribution is -2.05. The molecule has 0 unspecified atom stereocenters. The highest BCUT2D eigenvalue weighted by atomic mass is 14.9. The van der Waals surface area contributed by atoms with Crippen LogP contribution >= 0.6 is 0 Å². The molecule has 0 atom stereocenters. The van der Waals surface area contributed by atoms with Crippen LogP contribution in [-0.2, 0) is 0 Å². The molecule has 0 saturated heterocycles. The third-order valence-corrected chi connectivity index (χ3v) is 15.0. The molecule has 0 bridgehead atoms. The molecule has 0 saturated carbocycles. The molecule has 0 aliphatic carbocycles. The summed E-state index contributed by atoms with van der Waals surface area (Å²) in [6.45, 7) is 6.68. The summed E-state index contributed by atoms with van der Waals surface area (Å²) < 4.78 is 0. The van der Waals surface area contributed by atoms with E-state index in [0.29, 0.717) is 11.5 Å². The molecular weight excluding hydrogens is 929 g/mol. The zero-order valence-electron chi connectivity index (χ0n) is 42.7. The maximum atomic E-state index is 5.58. The van der Waals surface area contributed by atoms with Crippen molar-refractivity contribution in [2.45, 2.75) is 6.92 Å². The largest absolute Gasteiger partial charge is 0.233 e. The van der Waals surface area contributed by atoms with Crippen LogP contribution in [0.3, 0.4) is 0 Å². The molecule has 0 aliphatic rings. The van der Waals surface area contributed by atoms with Gasteiger partial charge in [0.15, 0.2) is 5.84 Å². The minimum absolute atomic E-state index is 0.581. The Morgan fingerprint density at radius 2 is 0.519 bits per heavy atom. The van der Waals surface area contributed by atoms with E-state index in [4.69, 9.17) is 9.98 Å². The smallest absolute Gasteiger partial charge is 0.160 e. The highest BCUT2D eigenvalue weighted by Gasteiger charge is 2.22. The van der Waals surface area contributed by atoms with Crippen molar-refractivity contribution in [1.82, 2.24) is 0 Å². The van der Waals surface area contributed by atoms with Crippen molar-refractivity contribution in [2.75, 3.05) is 0 Å². The van der Waals surface area contributed by atoms with Crippen molar-refractivity contribution in [3.05, 3.63) is 308 Å². The van der Waals surface area contributed by atoms with Crippen LogP contribution in [0, 0.1) is 0 Å². The highest BCUT2D eigenvalue weighted by molar-refractivity contribution is 6.24. The van der Waals surface area contributed by atoms with E-state index in [2.05, 4.69) is 286 Å². The standard InChI is InChI=1S/C75H52N2/c1-50(52-39-41-55(42-40-52)53-23-7-3-8-24-53)76-75(59-45-43-56(44-46-59)54-25-9-4-10-26-54)77-51(2)60-47-61(73-67-35-19-15-31-63(67)71(57-27-11-5-12-28-57)64-32-16-20-36-68(64)73)49-62(48-60)74-69-37-21-17-33-65(69)72(58-29-13-6-14-30-58)66-34-18-22-38-70(66)74/h3-49H,1H2,2H3. The van der Waals surface area contributed by atoms with E-state index in [0.717, 1.165) is 55.8 Å². The average molecular weight is 981 g/mol. The normalized spacial score (nSPS) is 11.9. The van der Waals surface area contributed by atoms with Crippen LogP contribution < -0.4 is 0 Å². The van der Waals surface area contributed by atoms with Crippen LogP contribution in [0.4, 0.5) is 0 Å². The number of fused-ring (bicyclic) bond motifs is 4. The molecule has 0 aliphatic heterocycles. The first-order chi connectivity index (χ1) is 38.0. The van der Waals surface area contributed by atoms with Crippen LogP contribution in [0.15, 0.2) is 302 Å². The SMILES string of the molecule is C=C(N=C(N=C(C)c1cc(-c2c3ccccc3c(-c3ccccc3)c3ccccc23)cc(-c2c3ccccc3c(-c3ccccc3)c3ccccc23)c1)c1ccc(-c2ccccc2)cc1)c1ccc(-c2ccccc2)cc1. The topological polar surface area (TPSA) is 24.7 Å². The third-order valence-electron chi connectivity index (χ3n) is 15.0. The van der Waals surface area contributed by atoms with Gasteiger partial charge in [-0.15, -0.1) is 0 Å². The lowest BCUT2D eigenvalue weighted by atomic mass is 9.82. The average Bonchev–Trinajstić information content (AvgIpc) is 3.56. The summed E-state index contributed by atoms with van der Waals surface area (Å²) in [6, 6.07) is 102. The number of nitrogens with zero attached hydrogens (tertiary/aromatic N) is 2. The molecule has 0 heterocycles. The van der Waals surface area contributed by atoms with Gasteiger partial charge in [-0.25, -0.2) is 9.98 Å². The van der Waals surface area contributed by atoms with Gasteiger partial charge in [0.2, 0.25) is 0 Å². The van der Waals surface area contributed by atoms with Gasteiger partial charge in [-0.1, -0.05) is 273 Å². The van der Waals surface area contributed by atoms with Crippen LogP contribution in [0.5, 0.6) is 0 Å². The first kappa shape index (κ1) is 46.7. The Balaban J connectivity index is 1.06. The van der Waals surface area contributed by atoms with Crippen LogP contribution in [0.25, 0.3) is 116 Å². The Hall–Kier alpha value is -10.0. The molecule has 362 valence electrons. The molecule has 0 amide bonds. The summed E-state index contributed by atoms with van der Waals surface area (Å²) in [5, 5.41) is 9.57. The number of hydrogen-bond acceptors (Lipinski definition) is 1. The van der Waals surface area contributed by atoms with Gasteiger partial charge in [-0.3, -0.25) is 0 Å². The first-order valence-corrected chi connectivity index (χ1v) is 26.3.